The van der Waals surface area contributed by atoms with E-state index in [1.54, 1.807) is 0 Å². The quantitative estimate of drug-likeness (QED) is 0.775. The van der Waals surface area contributed by atoms with Gasteiger partial charge in [-0.2, -0.15) is 0 Å². The minimum atomic E-state index is -3.96. The van der Waals surface area contributed by atoms with Gasteiger partial charge in [-0.15, -0.1) is 0 Å². The number of fused-ring (bicyclic) bond motifs is 1. The smallest absolute Gasteiger partial charge is 0.244 e. The molecular formula is C21H24F2N2O4S. The minimum absolute atomic E-state index is 0.133. The fourth-order valence-corrected chi connectivity index (χ4v) is 4.82. The maximum absolute atomic E-state index is 13.7. The van der Waals surface area contributed by atoms with Crippen molar-refractivity contribution in [2.24, 2.45) is 0 Å². The zero-order chi connectivity index (χ0) is 22.3. The van der Waals surface area contributed by atoms with E-state index < -0.39 is 45.2 Å². The molecule has 1 aliphatic heterocycles. The Balaban J connectivity index is 1.90. The van der Waals surface area contributed by atoms with Gasteiger partial charge in [-0.1, -0.05) is 18.2 Å². The van der Waals surface area contributed by atoms with Crippen LogP contribution in [0.1, 0.15) is 38.8 Å². The monoisotopic (exact) mass is 438 g/mol. The fraction of sp³-hybridized carbons (Fsp3) is 0.381. The van der Waals surface area contributed by atoms with E-state index in [0.29, 0.717) is 12.2 Å². The molecule has 2 atom stereocenters. The number of carbonyl (C=O) groups is 1. The molecule has 1 heterocycles. The molecule has 2 aromatic rings. The molecule has 0 radical (unpaired) electrons. The number of halogens is 2. The number of amides is 1. The predicted molar refractivity (Wildman–Crippen MR) is 110 cm³/mol. The molecule has 1 amide bonds. The van der Waals surface area contributed by atoms with Crippen LogP contribution >= 0.6 is 0 Å². The number of hydrogen-bond donors (Lipinski definition) is 1. The summed E-state index contributed by atoms with van der Waals surface area (Å²) in [6.07, 6.45) is 1.39. The Hall–Kier alpha value is -2.68. The highest BCUT2D eigenvalue weighted by molar-refractivity contribution is 7.92. The van der Waals surface area contributed by atoms with Gasteiger partial charge in [0.05, 0.1) is 18.0 Å². The van der Waals surface area contributed by atoms with Crippen molar-refractivity contribution in [3.8, 4) is 5.75 Å². The molecule has 162 valence electrons. The molecule has 0 spiro atoms. The van der Waals surface area contributed by atoms with Crippen LogP contribution < -0.4 is 14.4 Å². The van der Waals surface area contributed by atoms with Crippen molar-refractivity contribution in [3.05, 3.63) is 59.7 Å². The molecule has 1 N–H and O–H groups in total. The van der Waals surface area contributed by atoms with Crippen LogP contribution in [0.25, 0.3) is 0 Å². The first kappa shape index (κ1) is 22.0. The van der Waals surface area contributed by atoms with Gasteiger partial charge in [0, 0.05) is 18.1 Å². The molecule has 3 rings (SSSR count). The molecule has 0 bridgehead atoms. The molecule has 0 fully saturated rings. The number of ether oxygens (including phenoxy) is 1. The van der Waals surface area contributed by atoms with Crippen molar-refractivity contribution in [1.29, 1.82) is 0 Å². The summed E-state index contributed by atoms with van der Waals surface area (Å²) in [4.78, 5) is 13.0. The van der Waals surface area contributed by atoms with Crippen LogP contribution in [0.2, 0.25) is 0 Å². The molecule has 0 saturated carbocycles. The van der Waals surface area contributed by atoms with Gasteiger partial charge < -0.3 is 10.1 Å². The summed E-state index contributed by atoms with van der Waals surface area (Å²) in [5.74, 6) is -2.23. The Morgan fingerprint density at radius 3 is 2.50 bits per heavy atom. The summed E-state index contributed by atoms with van der Waals surface area (Å²) in [6, 6.07) is 8.42. The standard InChI is InChI=1S/C21H24F2N2O4S/c1-13(25(30(4,27)28)14-9-10-16(22)17(23)11-14)20(26)24-18-12-21(2,3)29-19-8-6-5-7-15(18)19/h5-11,13,18H,12H2,1-4H3,(H,24,26)/t13-,18+/m1/s1. The molecule has 0 saturated heterocycles. The molecule has 9 heteroatoms. The van der Waals surface area contributed by atoms with Crippen molar-refractivity contribution in [3.63, 3.8) is 0 Å². The molecular weight excluding hydrogens is 414 g/mol. The van der Waals surface area contributed by atoms with Crippen LogP contribution in [0.4, 0.5) is 14.5 Å². The first-order chi connectivity index (χ1) is 13.9. The Morgan fingerprint density at radius 2 is 1.87 bits per heavy atom. The number of benzene rings is 2. The Morgan fingerprint density at radius 1 is 1.20 bits per heavy atom. The third-order valence-corrected chi connectivity index (χ3v) is 6.18. The number of para-hydroxylation sites is 1. The van der Waals surface area contributed by atoms with E-state index in [0.717, 1.165) is 34.3 Å². The van der Waals surface area contributed by atoms with Crippen molar-refractivity contribution in [1.82, 2.24) is 5.32 Å². The zero-order valence-electron chi connectivity index (χ0n) is 17.1. The third kappa shape index (κ3) is 4.56. The minimum Gasteiger partial charge on any atom is -0.487 e. The lowest BCUT2D eigenvalue weighted by atomic mass is 9.89. The number of sulfonamides is 1. The molecule has 30 heavy (non-hydrogen) atoms. The number of carbonyl (C=O) groups excluding carboxylic acids is 1. The lowest BCUT2D eigenvalue weighted by molar-refractivity contribution is -0.123. The second-order valence-corrected chi connectivity index (χ2v) is 9.86. The Bertz CT molecular complexity index is 1070. The first-order valence-electron chi connectivity index (χ1n) is 9.42. The molecule has 2 aromatic carbocycles. The van der Waals surface area contributed by atoms with Gasteiger partial charge in [-0.3, -0.25) is 9.10 Å². The van der Waals surface area contributed by atoms with Crippen molar-refractivity contribution in [2.75, 3.05) is 10.6 Å². The second-order valence-electron chi connectivity index (χ2n) is 8.00. The Labute approximate surface area is 174 Å². The summed E-state index contributed by atoms with van der Waals surface area (Å²) in [5, 5.41) is 2.89. The SMILES string of the molecule is C[C@H](C(=O)N[C@H]1CC(C)(C)Oc2ccccc21)N(c1ccc(F)c(F)c1)S(C)(=O)=O. The van der Waals surface area contributed by atoms with Gasteiger partial charge in [0.15, 0.2) is 11.6 Å². The van der Waals surface area contributed by atoms with E-state index in [1.165, 1.54) is 6.92 Å². The molecule has 0 aliphatic carbocycles. The van der Waals surface area contributed by atoms with Crippen molar-refractivity contribution >= 4 is 21.6 Å². The Kier molecular flexibility index (Phi) is 5.77. The maximum Gasteiger partial charge on any atom is 0.244 e. The van der Waals surface area contributed by atoms with Crippen molar-refractivity contribution in [2.45, 2.75) is 44.9 Å². The number of rotatable bonds is 5. The fourth-order valence-electron chi connectivity index (χ4n) is 3.65. The summed E-state index contributed by atoms with van der Waals surface area (Å²) in [7, 11) is -3.96. The van der Waals surface area contributed by atoms with E-state index in [2.05, 4.69) is 5.32 Å². The van der Waals surface area contributed by atoms with E-state index in [-0.39, 0.29) is 5.69 Å². The van der Waals surface area contributed by atoms with Gasteiger partial charge in [-0.05, 0) is 39.0 Å². The number of hydrogen-bond acceptors (Lipinski definition) is 4. The van der Waals surface area contributed by atoms with Crippen LogP contribution in [-0.4, -0.2) is 32.2 Å². The topological polar surface area (TPSA) is 75.7 Å². The molecule has 0 aromatic heterocycles. The first-order valence-corrected chi connectivity index (χ1v) is 11.3. The largest absolute Gasteiger partial charge is 0.487 e. The summed E-state index contributed by atoms with van der Waals surface area (Å²) in [5.41, 5.74) is 0.120. The van der Waals surface area contributed by atoms with Crippen LogP contribution in [0.15, 0.2) is 42.5 Å². The summed E-state index contributed by atoms with van der Waals surface area (Å²) < 4.78 is 58.5. The highest BCUT2D eigenvalue weighted by Gasteiger charge is 2.37. The van der Waals surface area contributed by atoms with E-state index in [9.17, 15) is 22.0 Å². The molecule has 0 unspecified atom stereocenters. The lowest BCUT2D eigenvalue weighted by Crippen LogP contribution is -2.50. The van der Waals surface area contributed by atoms with Gasteiger partial charge in [0.25, 0.3) is 0 Å². The van der Waals surface area contributed by atoms with Gasteiger partial charge >= 0.3 is 0 Å². The van der Waals surface area contributed by atoms with Gasteiger partial charge in [0.1, 0.15) is 17.4 Å². The number of nitrogens with zero attached hydrogens (tertiary/aromatic N) is 1. The van der Waals surface area contributed by atoms with E-state index in [4.69, 9.17) is 4.74 Å². The molecule has 1 aliphatic rings. The molecule has 6 nitrogen and oxygen atoms in total. The lowest BCUT2D eigenvalue weighted by Gasteiger charge is -2.38. The van der Waals surface area contributed by atoms with Gasteiger partial charge in [-0.25, -0.2) is 17.2 Å². The predicted octanol–water partition coefficient (Wildman–Crippen LogP) is 3.54. The average molecular weight is 438 g/mol. The highest BCUT2D eigenvalue weighted by atomic mass is 32.2. The van der Waals surface area contributed by atoms with Gasteiger partial charge in [0.2, 0.25) is 15.9 Å². The number of nitrogens with one attached hydrogen (secondary N) is 1. The normalized spacial score (nSPS) is 18.7. The van der Waals surface area contributed by atoms with E-state index >= 15 is 0 Å². The zero-order valence-corrected chi connectivity index (χ0v) is 18.0. The van der Waals surface area contributed by atoms with Crippen LogP contribution in [0, 0.1) is 11.6 Å². The highest BCUT2D eigenvalue weighted by Crippen LogP contribution is 2.39. The number of anilines is 1. The van der Waals surface area contributed by atoms with Crippen molar-refractivity contribution < 1.29 is 26.7 Å². The second kappa shape index (κ2) is 7.86. The van der Waals surface area contributed by atoms with Crippen LogP contribution in [0.3, 0.4) is 0 Å². The maximum atomic E-state index is 13.7. The van der Waals surface area contributed by atoms with Crippen LogP contribution in [0.5, 0.6) is 5.75 Å². The van der Waals surface area contributed by atoms with Crippen LogP contribution in [-0.2, 0) is 14.8 Å². The third-order valence-electron chi connectivity index (χ3n) is 4.94. The summed E-state index contributed by atoms with van der Waals surface area (Å²) in [6.45, 7) is 5.19. The van der Waals surface area contributed by atoms with E-state index in [1.807, 2.05) is 38.1 Å². The summed E-state index contributed by atoms with van der Waals surface area (Å²) >= 11 is 0. The average Bonchev–Trinajstić information content (AvgIpc) is 2.62.